The lowest BCUT2D eigenvalue weighted by molar-refractivity contribution is 0.493. The monoisotopic (exact) mass is 312 g/mol. The number of nitrogens with zero attached hydrogens (tertiary/aromatic N) is 3. The maximum atomic E-state index is 11.8. The van der Waals surface area contributed by atoms with Crippen LogP contribution in [0.5, 0.6) is 0 Å². The Morgan fingerprint density at radius 1 is 1.32 bits per heavy atom. The van der Waals surface area contributed by atoms with Crippen LogP contribution in [0.1, 0.15) is 37.4 Å². The molecule has 1 atom stereocenters. The molecule has 1 aromatic carbocycles. The third kappa shape index (κ3) is 2.02. The van der Waals surface area contributed by atoms with Gasteiger partial charge >= 0.3 is 0 Å². The molecule has 5 nitrogen and oxygen atoms in total. The number of aromatic nitrogens is 3. The van der Waals surface area contributed by atoms with Gasteiger partial charge in [-0.1, -0.05) is 49.4 Å². The number of fused-ring (bicyclic) bond motifs is 2. The summed E-state index contributed by atoms with van der Waals surface area (Å²) in [6, 6.07) is 10.1. The van der Waals surface area contributed by atoms with Crippen molar-refractivity contribution < 1.29 is 0 Å². The highest BCUT2D eigenvalue weighted by molar-refractivity contribution is 7.20. The molecule has 2 heterocycles. The SMILES string of the molecule is CC1(C)CC(Nc2nn3c(=O)ccnc3s2)c2ccccc21. The number of hydrogen-bond donors (Lipinski definition) is 1. The summed E-state index contributed by atoms with van der Waals surface area (Å²) in [5.41, 5.74) is 2.68. The van der Waals surface area contributed by atoms with Gasteiger partial charge in [-0.3, -0.25) is 4.79 Å². The average molecular weight is 312 g/mol. The number of hydrogen-bond acceptors (Lipinski definition) is 5. The van der Waals surface area contributed by atoms with E-state index in [9.17, 15) is 4.79 Å². The Hall–Kier alpha value is -2.21. The molecule has 1 aliphatic carbocycles. The molecule has 1 N–H and O–H groups in total. The van der Waals surface area contributed by atoms with Crippen molar-refractivity contribution in [2.45, 2.75) is 31.7 Å². The van der Waals surface area contributed by atoms with E-state index in [0.29, 0.717) is 4.96 Å². The van der Waals surface area contributed by atoms with E-state index in [2.05, 4.69) is 53.5 Å². The van der Waals surface area contributed by atoms with Gasteiger partial charge in [0.05, 0.1) is 6.04 Å². The van der Waals surface area contributed by atoms with E-state index in [-0.39, 0.29) is 17.0 Å². The Labute approximate surface area is 131 Å². The molecule has 0 saturated carbocycles. The van der Waals surface area contributed by atoms with Crippen molar-refractivity contribution >= 4 is 21.4 Å². The van der Waals surface area contributed by atoms with E-state index in [4.69, 9.17) is 0 Å². The minimum Gasteiger partial charge on any atom is -0.353 e. The van der Waals surface area contributed by atoms with E-state index in [1.54, 1.807) is 0 Å². The second-order valence-corrected chi connectivity index (χ2v) is 7.21. The first-order valence-corrected chi connectivity index (χ1v) is 8.07. The molecule has 0 fully saturated rings. The Balaban J connectivity index is 1.72. The minimum absolute atomic E-state index is 0.139. The molecule has 0 aliphatic heterocycles. The number of benzene rings is 1. The normalized spacial score (nSPS) is 19.3. The largest absolute Gasteiger partial charge is 0.353 e. The van der Waals surface area contributed by atoms with Crippen LogP contribution >= 0.6 is 11.3 Å². The van der Waals surface area contributed by atoms with Gasteiger partial charge in [0.15, 0.2) is 0 Å². The fraction of sp³-hybridized carbons (Fsp3) is 0.312. The first kappa shape index (κ1) is 13.5. The zero-order valence-corrected chi connectivity index (χ0v) is 13.2. The first-order valence-electron chi connectivity index (χ1n) is 7.25. The number of nitrogens with one attached hydrogen (secondary N) is 1. The third-order valence-electron chi connectivity index (χ3n) is 4.25. The molecule has 6 heteroatoms. The molecule has 22 heavy (non-hydrogen) atoms. The highest BCUT2D eigenvalue weighted by atomic mass is 32.1. The Kier molecular flexibility index (Phi) is 2.84. The van der Waals surface area contributed by atoms with Gasteiger partial charge in [-0.2, -0.15) is 4.52 Å². The highest BCUT2D eigenvalue weighted by Gasteiger charge is 2.36. The molecule has 0 radical (unpaired) electrons. The van der Waals surface area contributed by atoms with E-state index in [0.717, 1.165) is 11.6 Å². The van der Waals surface area contributed by atoms with Crippen molar-refractivity contribution in [1.29, 1.82) is 0 Å². The summed E-state index contributed by atoms with van der Waals surface area (Å²) in [7, 11) is 0. The molecule has 0 spiro atoms. The zero-order chi connectivity index (χ0) is 15.3. The van der Waals surface area contributed by atoms with Gasteiger partial charge < -0.3 is 5.32 Å². The van der Waals surface area contributed by atoms with Crippen LogP contribution in [0.3, 0.4) is 0 Å². The predicted molar refractivity (Wildman–Crippen MR) is 87.6 cm³/mol. The van der Waals surface area contributed by atoms with Crippen molar-refractivity contribution in [1.82, 2.24) is 14.6 Å². The molecule has 3 aromatic rings. The van der Waals surface area contributed by atoms with E-state index in [1.807, 2.05) is 0 Å². The van der Waals surface area contributed by atoms with Gasteiger partial charge in [0.1, 0.15) is 0 Å². The summed E-state index contributed by atoms with van der Waals surface area (Å²) in [5.74, 6) is 0. The van der Waals surface area contributed by atoms with Crippen LogP contribution in [0, 0.1) is 0 Å². The molecule has 1 unspecified atom stereocenters. The van der Waals surface area contributed by atoms with Crippen LogP contribution < -0.4 is 10.9 Å². The molecule has 4 rings (SSSR count). The maximum absolute atomic E-state index is 11.8. The van der Waals surface area contributed by atoms with Crippen LogP contribution in [-0.2, 0) is 5.41 Å². The van der Waals surface area contributed by atoms with Gasteiger partial charge in [0.2, 0.25) is 10.1 Å². The molecular formula is C16H16N4OS. The van der Waals surface area contributed by atoms with Gasteiger partial charge in [-0.25, -0.2) is 4.98 Å². The summed E-state index contributed by atoms with van der Waals surface area (Å²) < 4.78 is 1.35. The van der Waals surface area contributed by atoms with Crippen LogP contribution in [0.4, 0.5) is 5.13 Å². The zero-order valence-electron chi connectivity index (χ0n) is 12.4. The molecule has 0 amide bonds. The lowest BCUT2D eigenvalue weighted by Crippen LogP contribution is -2.15. The van der Waals surface area contributed by atoms with Crippen LogP contribution in [-0.4, -0.2) is 14.6 Å². The summed E-state index contributed by atoms with van der Waals surface area (Å²) in [6.07, 6.45) is 2.53. The standard InChI is InChI=1S/C16H16N4OS/c1-16(2)9-12(10-5-3-4-6-11(10)16)18-14-19-20-13(21)7-8-17-15(20)22-14/h3-8,12H,9H2,1-2H3,(H,18,19). The molecule has 0 saturated heterocycles. The van der Waals surface area contributed by atoms with Crippen molar-refractivity contribution in [2.24, 2.45) is 0 Å². The summed E-state index contributed by atoms with van der Waals surface area (Å²) in [5, 5.41) is 8.55. The van der Waals surface area contributed by atoms with Crippen molar-refractivity contribution in [3.05, 3.63) is 58.0 Å². The molecule has 112 valence electrons. The van der Waals surface area contributed by atoms with Gasteiger partial charge in [-0.15, -0.1) is 5.10 Å². The van der Waals surface area contributed by atoms with Gasteiger partial charge in [0.25, 0.3) is 5.56 Å². The Morgan fingerprint density at radius 3 is 2.95 bits per heavy atom. The van der Waals surface area contributed by atoms with E-state index in [1.165, 1.54) is 39.2 Å². The summed E-state index contributed by atoms with van der Waals surface area (Å²) in [4.78, 5) is 16.6. The van der Waals surface area contributed by atoms with Crippen LogP contribution in [0.15, 0.2) is 41.3 Å². The molecular weight excluding hydrogens is 296 g/mol. The van der Waals surface area contributed by atoms with Crippen LogP contribution in [0.2, 0.25) is 0 Å². The molecule has 2 aromatic heterocycles. The van der Waals surface area contributed by atoms with E-state index >= 15 is 0 Å². The topological polar surface area (TPSA) is 59.3 Å². The molecule has 1 aliphatic rings. The second kappa shape index (κ2) is 4.64. The maximum Gasteiger partial charge on any atom is 0.275 e. The predicted octanol–water partition coefficient (Wildman–Crippen LogP) is 2.99. The Morgan fingerprint density at radius 2 is 2.14 bits per heavy atom. The van der Waals surface area contributed by atoms with Gasteiger partial charge in [-0.05, 0) is 23.0 Å². The van der Waals surface area contributed by atoms with Crippen molar-refractivity contribution in [2.75, 3.05) is 5.32 Å². The summed E-state index contributed by atoms with van der Waals surface area (Å²) >= 11 is 1.40. The van der Waals surface area contributed by atoms with Crippen molar-refractivity contribution in [3.63, 3.8) is 0 Å². The summed E-state index contributed by atoms with van der Waals surface area (Å²) in [6.45, 7) is 4.52. The fourth-order valence-corrected chi connectivity index (χ4v) is 4.05. The smallest absolute Gasteiger partial charge is 0.275 e. The van der Waals surface area contributed by atoms with Crippen molar-refractivity contribution in [3.8, 4) is 0 Å². The fourth-order valence-electron chi connectivity index (χ4n) is 3.23. The number of anilines is 1. The first-order chi connectivity index (χ1) is 10.5. The van der Waals surface area contributed by atoms with E-state index < -0.39 is 0 Å². The molecule has 0 bridgehead atoms. The number of rotatable bonds is 2. The van der Waals surface area contributed by atoms with Gasteiger partial charge in [0, 0.05) is 12.3 Å². The lowest BCUT2D eigenvalue weighted by atomic mass is 9.86. The quantitative estimate of drug-likeness (QED) is 0.790. The minimum atomic E-state index is -0.151. The Bertz CT molecular complexity index is 912. The second-order valence-electron chi connectivity index (χ2n) is 6.26. The third-order valence-corrected chi connectivity index (χ3v) is 5.10. The highest BCUT2D eigenvalue weighted by Crippen LogP contribution is 2.45. The average Bonchev–Trinajstić information content (AvgIpc) is 3.00. The lowest BCUT2D eigenvalue weighted by Gasteiger charge is -2.19. The van der Waals surface area contributed by atoms with Crippen LogP contribution in [0.25, 0.3) is 4.96 Å².